The lowest BCUT2D eigenvalue weighted by Crippen LogP contribution is -2.33. The number of amides is 1. The first kappa shape index (κ1) is 15.5. The Morgan fingerprint density at radius 3 is 2.76 bits per heavy atom. The fraction of sp³-hybridized carbons (Fsp3) is 0.111. The van der Waals surface area contributed by atoms with Crippen molar-refractivity contribution in [3.8, 4) is 0 Å². The minimum absolute atomic E-state index is 0.170. The molecule has 7 heteroatoms. The van der Waals surface area contributed by atoms with Crippen LogP contribution in [0.3, 0.4) is 0 Å². The number of hydrogen-bond acceptors (Lipinski definition) is 5. The number of hydrogen-bond donors (Lipinski definition) is 1. The third kappa shape index (κ3) is 2.78. The van der Waals surface area contributed by atoms with Gasteiger partial charge < -0.3 is 9.88 Å². The molecule has 1 amide bonds. The van der Waals surface area contributed by atoms with Crippen LogP contribution in [0.25, 0.3) is 10.2 Å². The summed E-state index contributed by atoms with van der Waals surface area (Å²) >= 11 is 1.49. The van der Waals surface area contributed by atoms with E-state index in [1.54, 1.807) is 24.3 Å². The summed E-state index contributed by atoms with van der Waals surface area (Å²) in [5.41, 5.74) is 1.38. The molecule has 1 aromatic carbocycles. The number of nitrogens with zero attached hydrogens (tertiary/aromatic N) is 4. The normalized spacial score (nSPS) is 12.2. The predicted molar refractivity (Wildman–Crippen MR) is 96.4 cm³/mol. The number of nitrogens with one attached hydrogen (secondary N) is 1. The Bertz CT molecular complexity index is 997. The molecule has 0 aliphatic heterocycles. The second kappa shape index (κ2) is 6.45. The van der Waals surface area contributed by atoms with Crippen molar-refractivity contribution >= 4 is 27.5 Å². The van der Waals surface area contributed by atoms with Crippen molar-refractivity contribution in [2.24, 2.45) is 0 Å². The summed E-state index contributed by atoms with van der Waals surface area (Å²) in [6.07, 6.45) is 4.88. The van der Waals surface area contributed by atoms with Gasteiger partial charge in [-0.2, -0.15) is 0 Å². The third-order valence-corrected chi connectivity index (χ3v) is 4.89. The molecule has 1 unspecified atom stereocenters. The Kier molecular flexibility index (Phi) is 3.99. The molecule has 0 saturated carbocycles. The van der Waals surface area contributed by atoms with Crippen molar-refractivity contribution < 1.29 is 4.79 Å². The summed E-state index contributed by atoms with van der Waals surface area (Å²) in [5.74, 6) is 0.536. The molecule has 0 aliphatic carbocycles. The van der Waals surface area contributed by atoms with Crippen molar-refractivity contribution in [2.75, 3.05) is 7.05 Å². The zero-order valence-corrected chi connectivity index (χ0v) is 14.3. The lowest BCUT2D eigenvalue weighted by Gasteiger charge is -2.27. The van der Waals surface area contributed by atoms with Crippen molar-refractivity contribution in [2.45, 2.75) is 6.04 Å². The lowest BCUT2D eigenvalue weighted by molar-refractivity contribution is 0.0746. The lowest BCUT2D eigenvalue weighted by atomic mass is 10.0. The number of rotatable bonds is 4. The van der Waals surface area contributed by atoms with E-state index in [2.05, 4.69) is 19.9 Å². The van der Waals surface area contributed by atoms with E-state index in [0.717, 1.165) is 15.8 Å². The topological polar surface area (TPSA) is 74.8 Å². The predicted octanol–water partition coefficient (Wildman–Crippen LogP) is 3.28. The van der Waals surface area contributed by atoms with Crippen LogP contribution in [0.1, 0.15) is 27.9 Å². The molecule has 4 aromatic rings. The maximum absolute atomic E-state index is 13.2. The van der Waals surface area contributed by atoms with Crippen LogP contribution in [0.4, 0.5) is 0 Å². The number of aromatic nitrogens is 4. The average Bonchev–Trinajstić information content (AvgIpc) is 3.33. The molecule has 1 atom stereocenters. The van der Waals surface area contributed by atoms with Crippen LogP contribution >= 0.6 is 11.3 Å². The molecule has 4 rings (SSSR count). The van der Waals surface area contributed by atoms with E-state index >= 15 is 0 Å². The van der Waals surface area contributed by atoms with Gasteiger partial charge in [0.2, 0.25) is 0 Å². The van der Waals surface area contributed by atoms with E-state index in [1.807, 2.05) is 41.8 Å². The Hall–Kier alpha value is -3.06. The molecule has 1 N–H and O–H groups in total. The molecule has 25 heavy (non-hydrogen) atoms. The number of carbonyl (C=O) groups is 1. The van der Waals surface area contributed by atoms with E-state index in [1.165, 1.54) is 17.7 Å². The van der Waals surface area contributed by atoms with E-state index in [4.69, 9.17) is 0 Å². The monoisotopic (exact) mass is 349 g/mol. The van der Waals surface area contributed by atoms with Crippen LogP contribution in [0.5, 0.6) is 0 Å². The van der Waals surface area contributed by atoms with Crippen molar-refractivity contribution in [3.63, 3.8) is 0 Å². The second-order valence-electron chi connectivity index (χ2n) is 5.57. The molecule has 124 valence electrons. The first-order chi connectivity index (χ1) is 12.3. The van der Waals surface area contributed by atoms with E-state index in [9.17, 15) is 4.79 Å². The summed E-state index contributed by atoms with van der Waals surface area (Å²) in [5, 5.41) is 2.69. The highest BCUT2D eigenvalue weighted by molar-refractivity contribution is 7.16. The first-order valence-corrected chi connectivity index (χ1v) is 8.63. The zero-order chi connectivity index (χ0) is 17.2. The van der Waals surface area contributed by atoms with Crippen LogP contribution in [0.15, 0.2) is 60.5 Å². The quantitative estimate of drug-likeness (QED) is 0.613. The number of thiophene rings is 1. The highest BCUT2D eigenvalue weighted by atomic mass is 32.1. The van der Waals surface area contributed by atoms with E-state index in [-0.39, 0.29) is 11.9 Å². The van der Waals surface area contributed by atoms with Gasteiger partial charge in [-0.15, -0.1) is 11.3 Å². The van der Waals surface area contributed by atoms with Crippen molar-refractivity contribution in [1.29, 1.82) is 0 Å². The summed E-state index contributed by atoms with van der Waals surface area (Å²) < 4.78 is 0. The fourth-order valence-corrected chi connectivity index (χ4v) is 3.60. The number of H-pyrrole nitrogens is 1. The number of carbonyl (C=O) groups excluding carboxylic acids is 1. The molecule has 0 radical (unpaired) electrons. The van der Waals surface area contributed by atoms with Crippen LogP contribution in [-0.4, -0.2) is 37.8 Å². The van der Waals surface area contributed by atoms with Gasteiger partial charge in [0.25, 0.3) is 5.91 Å². The highest BCUT2D eigenvalue weighted by Gasteiger charge is 2.28. The summed E-state index contributed by atoms with van der Waals surface area (Å²) in [6, 6.07) is 11.4. The van der Waals surface area contributed by atoms with Crippen LogP contribution in [0.2, 0.25) is 0 Å². The Labute approximate surface area is 148 Å². The van der Waals surface area contributed by atoms with Gasteiger partial charge in [0, 0.05) is 24.8 Å². The standard InChI is InChI=1S/C18H15N5OS/c1-23(18(24)14-13-7-10-25-17(13)22-11-21-14)15(16-19-8-9-20-16)12-5-3-2-4-6-12/h2-11,15H,1H3,(H,19,20). The minimum Gasteiger partial charge on any atom is -0.347 e. The van der Waals surface area contributed by atoms with Crippen LogP contribution in [0, 0.1) is 0 Å². The van der Waals surface area contributed by atoms with Gasteiger partial charge in [-0.1, -0.05) is 30.3 Å². The molecule has 0 saturated heterocycles. The molecular weight excluding hydrogens is 334 g/mol. The van der Waals surface area contributed by atoms with E-state index < -0.39 is 0 Å². The Morgan fingerprint density at radius 2 is 2.00 bits per heavy atom. The zero-order valence-electron chi connectivity index (χ0n) is 13.5. The van der Waals surface area contributed by atoms with Crippen molar-refractivity contribution in [3.05, 3.63) is 77.6 Å². The van der Waals surface area contributed by atoms with Crippen molar-refractivity contribution in [1.82, 2.24) is 24.8 Å². The second-order valence-corrected chi connectivity index (χ2v) is 6.46. The first-order valence-electron chi connectivity index (χ1n) is 7.75. The number of fused-ring (bicyclic) bond motifs is 1. The molecule has 3 aromatic heterocycles. The molecule has 0 bridgehead atoms. The van der Waals surface area contributed by atoms with Crippen LogP contribution in [-0.2, 0) is 0 Å². The van der Waals surface area contributed by atoms with Crippen LogP contribution < -0.4 is 0 Å². The number of aromatic amines is 1. The largest absolute Gasteiger partial charge is 0.347 e. The molecule has 6 nitrogen and oxygen atoms in total. The fourth-order valence-electron chi connectivity index (χ4n) is 2.87. The van der Waals surface area contributed by atoms with Gasteiger partial charge in [0.15, 0.2) is 0 Å². The summed E-state index contributed by atoms with van der Waals surface area (Å²) in [6.45, 7) is 0. The highest BCUT2D eigenvalue weighted by Crippen LogP contribution is 2.28. The Balaban J connectivity index is 1.77. The molecule has 3 heterocycles. The maximum atomic E-state index is 13.2. The molecule has 0 aliphatic rings. The van der Waals surface area contributed by atoms with E-state index in [0.29, 0.717) is 11.5 Å². The molecular formula is C18H15N5OS. The average molecular weight is 349 g/mol. The SMILES string of the molecule is CN(C(=O)c1ncnc2sccc12)C(c1ccccc1)c1ncc[nH]1. The number of imidazole rings is 1. The smallest absolute Gasteiger partial charge is 0.273 e. The molecule has 0 spiro atoms. The minimum atomic E-state index is -0.327. The number of benzene rings is 1. The van der Waals surface area contributed by atoms with Gasteiger partial charge in [-0.3, -0.25) is 4.79 Å². The summed E-state index contributed by atoms with van der Waals surface area (Å²) in [7, 11) is 1.77. The van der Waals surface area contributed by atoms with Gasteiger partial charge in [-0.25, -0.2) is 15.0 Å². The third-order valence-electron chi connectivity index (χ3n) is 4.07. The Morgan fingerprint density at radius 1 is 1.16 bits per heavy atom. The van der Waals surface area contributed by atoms with Gasteiger partial charge >= 0.3 is 0 Å². The maximum Gasteiger partial charge on any atom is 0.273 e. The summed E-state index contributed by atoms with van der Waals surface area (Å²) in [4.78, 5) is 31.6. The van der Waals surface area contributed by atoms with Gasteiger partial charge in [0.1, 0.15) is 28.7 Å². The van der Waals surface area contributed by atoms with Gasteiger partial charge in [0.05, 0.1) is 0 Å². The molecule has 0 fully saturated rings. The van der Waals surface area contributed by atoms with Gasteiger partial charge in [-0.05, 0) is 17.0 Å².